The molecule has 168 valence electrons. The molecule has 3 N–H and O–H groups in total. The number of amides is 1. The summed E-state index contributed by atoms with van der Waals surface area (Å²) in [6.45, 7) is 7.78. The minimum Gasteiger partial charge on any atom is -0.493 e. The second-order valence-corrected chi connectivity index (χ2v) is 10.8. The molecule has 0 aromatic heterocycles. The summed E-state index contributed by atoms with van der Waals surface area (Å²) in [5.74, 6) is 0.0461. The SMILES string of the molecule is CCCOc1ccc(Br)cc1C(=O)NC(=S)Nc1ccc(S(=O)(=O)NC(C)(C)C)cc1. The molecule has 2 aromatic rings. The molecule has 0 unspecified atom stereocenters. The molecule has 2 aromatic carbocycles. The number of benzene rings is 2. The van der Waals surface area contributed by atoms with Gasteiger partial charge in [0, 0.05) is 15.7 Å². The summed E-state index contributed by atoms with van der Waals surface area (Å²) >= 11 is 8.58. The summed E-state index contributed by atoms with van der Waals surface area (Å²) in [4.78, 5) is 12.8. The molecule has 0 bridgehead atoms. The predicted molar refractivity (Wildman–Crippen MR) is 130 cm³/mol. The molecule has 7 nitrogen and oxygen atoms in total. The van der Waals surface area contributed by atoms with Gasteiger partial charge >= 0.3 is 0 Å². The Labute approximate surface area is 197 Å². The highest BCUT2D eigenvalue weighted by molar-refractivity contribution is 9.10. The molecule has 1 amide bonds. The first-order chi connectivity index (χ1) is 14.4. The number of carbonyl (C=O) groups is 1. The minimum absolute atomic E-state index is 0.0786. The van der Waals surface area contributed by atoms with Crippen molar-refractivity contribution >= 4 is 54.9 Å². The highest BCUT2D eigenvalue weighted by Crippen LogP contribution is 2.23. The van der Waals surface area contributed by atoms with Gasteiger partial charge in [-0.05, 0) is 81.9 Å². The first-order valence-corrected chi connectivity index (χ1v) is 12.3. The second kappa shape index (κ2) is 10.5. The maximum absolute atomic E-state index is 12.7. The number of ether oxygens (including phenoxy) is 1. The van der Waals surface area contributed by atoms with Gasteiger partial charge in [0.2, 0.25) is 10.0 Å². The standard InChI is InChI=1S/C21H26BrN3O4S2/c1-5-12-29-18-11-6-14(22)13-17(18)19(26)24-20(30)23-15-7-9-16(10-8-15)31(27,28)25-21(2,3)4/h6-11,13,25H,5,12H2,1-4H3,(H2,23,24,26,30). The van der Waals surface area contributed by atoms with Crippen LogP contribution in [0.2, 0.25) is 0 Å². The maximum atomic E-state index is 12.7. The Morgan fingerprint density at radius 3 is 2.35 bits per heavy atom. The van der Waals surface area contributed by atoms with E-state index >= 15 is 0 Å². The first kappa shape index (κ1) is 25.3. The van der Waals surface area contributed by atoms with Crippen LogP contribution in [0.1, 0.15) is 44.5 Å². The largest absolute Gasteiger partial charge is 0.493 e. The Balaban J connectivity index is 2.06. The normalized spacial score (nSPS) is 11.6. The van der Waals surface area contributed by atoms with Gasteiger partial charge in [0.15, 0.2) is 5.11 Å². The van der Waals surface area contributed by atoms with Crippen LogP contribution in [0.25, 0.3) is 0 Å². The molecule has 10 heteroatoms. The number of hydrogen-bond donors (Lipinski definition) is 3. The molecule has 0 radical (unpaired) electrons. The van der Waals surface area contributed by atoms with E-state index < -0.39 is 21.5 Å². The predicted octanol–water partition coefficient (Wildman–Crippen LogP) is 4.44. The molecule has 0 saturated carbocycles. The molecular formula is C21H26BrN3O4S2. The summed E-state index contributed by atoms with van der Waals surface area (Å²) in [5, 5.41) is 5.57. The van der Waals surface area contributed by atoms with Crippen molar-refractivity contribution in [3.8, 4) is 5.75 Å². The molecule has 0 atom stereocenters. The van der Waals surface area contributed by atoms with Gasteiger partial charge in [0.25, 0.3) is 5.91 Å². The van der Waals surface area contributed by atoms with Gasteiger partial charge in [-0.1, -0.05) is 22.9 Å². The molecule has 0 saturated heterocycles. The topological polar surface area (TPSA) is 96.5 Å². The van der Waals surface area contributed by atoms with Gasteiger partial charge in [0.05, 0.1) is 17.1 Å². The summed E-state index contributed by atoms with van der Waals surface area (Å²) in [5.41, 5.74) is 0.298. The van der Waals surface area contributed by atoms with E-state index in [-0.39, 0.29) is 10.0 Å². The molecule has 0 heterocycles. The smallest absolute Gasteiger partial charge is 0.261 e. The third kappa shape index (κ3) is 7.88. The minimum atomic E-state index is -3.63. The van der Waals surface area contributed by atoms with Crippen molar-refractivity contribution in [2.24, 2.45) is 0 Å². The van der Waals surface area contributed by atoms with Gasteiger partial charge in [-0.15, -0.1) is 0 Å². The highest BCUT2D eigenvalue weighted by atomic mass is 79.9. The van der Waals surface area contributed by atoms with E-state index in [0.717, 1.165) is 10.9 Å². The molecule has 0 aliphatic carbocycles. The van der Waals surface area contributed by atoms with E-state index in [0.29, 0.717) is 23.6 Å². The Kier molecular flexibility index (Phi) is 8.58. The molecular weight excluding hydrogens is 502 g/mol. The number of rotatable bonds is 7. The Morgan fingerprint density at radius 1 is 1.13 bits per heavy atom. The molecule has 31 heavy (non-hydrogen) atoms. The second-order valence-electron chi connectivity index (χ2n) is 7.78. The zero-order chi connectivity index (χ0) is 23.2. The highest BCUT2D eigenvalue weighted by Gasteiger charge is 2.22. The fourth-order valence-electron chi connectivity index (χ4n) is 2.53. The zero-order valence-corrected chi connectivity index (χ0v) is 21.0. The van der Waals surface area contributed by atoms with Crippen molar-refractivity contribution in [3.63, 3.8) is 0 Å². The van der Waals surface area contributed by atoms with Crippen molar-refractivity contribution in [3.05, 3.63) is 52.5 Å². The summed E-state index contributed by atoms with van der Waals surface area (Å²) in [6, 6.07) is 11.2. The third-order valence-electron chi connectivity index (χ3n) is 3.74. The van der Waals surface area contributed by atoms with E-state index in [4.69, 9.17) is 17.0 Å². The van der Waals surface area contributed by atoms with E-state index in [2.05, 4.69) is 31.3 Å². The van der Waals surface area contributed by atoms with E-state index in [1.165, 1.54) is 12.1 Å². The van der Waals surface area contributed by atoms with Crippen molar-refractivity contribution in [2.75, 3.05) is 11.9 Å². The lowest BCUT2D eigenvalue weighted by atomic mass is 10.1. The van der Waals surface area contributed by atoms with E-state index in [9.17, 15) is 13.2 Å². The number of thiocarbonyl (C=S) groups is 1. The third-order valence-corrected chi connectivity index (χ3v) is 6.21. The van der Waals surface area contributed by atoms with Crippen molar-refractivity contribution < 1.29 is 17.9 Å². The van der Waals surface area contributed by atoms with Crippen LogP contribution in [0.3, 0.4) is 0 Å². The number of sulfonamides is 1. The van der Waals surface area contributed by atoms with Crippen LogP contribution in [-0.2, 0) is 10.0 Å². The van der Waals surface area contributed by atoms with Crippen LogP contribution >= 0.6 is 28.1 Å². The monoisotopic (exact) mass is 527 g/mol. The van der Waals surface area contributed by atoms with Crippen molar-refractivity contribution in [1.82, 2.24) is 10.0 Å². The van der Waals surface area contributed by atoms with Gasteiger partial charge in [0.1, 0.15) is 5.75 Å². The van der Waals surface area contributed by atoms with Crippen molar-refractivity contribution in [2.45, 2.75) is 44.6 Å². The molecule has 0 fully saturated rings. The maximum Gasteiger partial charge on any atom is 0.261 e. The molecule has 0 aliphatic heterocycles. The van der Waals surface area contributed by atoms with Crippen LogP contribution in [0.5, 0.6) is 5.75 Å². The fourth-order valence-corrected chi connectivity index (χ4v) is 4.52. The van der Waals surface area contributed by atoms with E-state index in [1.807, 2.05) is 6.92 Å². The Bertz CT molecular complexity index is 1050. The van der Waals surface area contributed by atoms with Crippen molar-refractivity contribution in [1.29, 1.82) is 0 Å². The van der Waals surface area contributed by atoms with Crippen LogP contribution in [0.4, 0.5) is 5.69 Å². The lowest BCUT2D eigenvalue weighted by Crippen LogP contribution is -2.40. The van der Waals surface area contributed by atoms with Crippen LogP contribution in [0.15, 0.2) is 51.8 Å². The molecule has 0 aliphatic rings. The summed E-state index contributed by atoms with van der Waals surface area (Å²) < 4.78 is 33.7. The molecule has 0 spiro atoms. The van der Waals surface area contributed by atoms with Gasteiger partial charge in [-0.2, -0.15) is 0 Å². The molecule has 2 rings (SSSR count). The average Bonchev–Trinajstić information content (AvgIpc) is 2.65. The quantitative estimate of drug-likeness (QED) is 0.460. The van der Waals surface area contributed by atoms with E-state index in [1.54, 1.807) is 51.1 Å². The Morgan fingerprint density at radius 2 is 1.77 bits per heavy atom. The fraction of sp³-hybridized carbons (Fsp3) is 0.333. The van der Waals surface area contributed by atoms with Crippen LogP contribution < -0.4 is 20.1 Å². The lowest BCUT2D eigenvalue weighted by molar-refractivity contribution is 0.0973. The summed E-state index contributed by atoms with van der Waals surface area (Å²) in [6.07, 6.45) is 0.814. The number of anilines is 1. The Hall–Kier alpha value is -2.01. The number of hydrogen-bond acceptors (Lipinski definition) is 5. The van der Waals surface area contributed by atoms with Gasteiger partial charge in [-0.25, -0.2) is 13.1 Å². The van der Waals surface area contributed by atoms with Gasteiger partial charge in [-0.3, -0.25) is 10.1 Å². The lowest BCUT2D eigenvalue weighted by Gasteiger charge is -2.20. The number of halogens is 1. The zero-order valence-electron chi connectivity index (χ0n) is 17.8. The number of carbonyl (C=O) groups excluding carboxylic acids is 1. The number of nitrogens with one attached hydrogen (secondary N) is 3. The van der Waals surface area contributed by atoms with Gasteiger partial charge < -0.3 is 10.1 Å². The average molecular weight is 528 g/mol. The summed E-state index contributed by atoms with van der Waals surface area (Å²) in [7, 11) is -3.63. The first-order valence-electron chi connectivity index (χ1n) is 9.60. The van der Waals surface area contributed by atoms with Crippen LogP contribution in [0, 0.1) is 0 Å². The van der Waals surface area contributed by atoms with Crippen LogP contribution in [-0.4, -0.2) is 31.6 Å².